The molecule has 1 aromatic carbocycles. The SMILES string of the molecule is Cc1ccc(C#N)cc1C(=O)OC(C)(C)C. The first-order chi connectivity index (χ1) is 7.33. The fourth-order valence-corrected chi connectivity index (χ4v) is 1.24. The lowest BCUT2D eigenvalue weighted by Gasteiger charge is -2.20. The molecule has 0 spiro atoms. The summed E-state index contributed by atoms with van der Waals surface area (Å²) in [5, 5.41) is 8.77. The van der Waals surface area contributed by atoms with Crippen molar-refractivity contribution in [3.05, 3.63) is 34.9 Å². The highest BCUT2D eigenvalue weighted by atomic mass is 16.6. The van der Waals surface area contributed by atoms with Gasteiger partial charge in [0.2, 0.25) is 0 Å². The minimum Gasteiger partial charge on any atom is -0.456 e. The molecule has 3 nitrogen and oxygen atoms in total. The third-order valence-corrected chi connectivity index (χ3v) is 1.99. The third-order valence-electron chi connectivity index (χ3n) is 1.99. The van der Waals surface area contributed by atoms with Gasteiger partial charge < -0.3 is 4.74 Å². The summed E-state index contributed by atoms with van der Waals surface area (Å²) in [5.41, 5.74) is 1.21. The summed E-state index contributed by atoms with van der Waals surface area (Å²) in [5.74, 6) is -0.387. The van der Waals surface area contributed by atoms with Crippen molar-refractivity contribution in [2.45, 2.75) is 33.3 Å². The van der Waals surface area contributed by atoms with E-state index in [1.54, 1.807) is 18.2 Å². The molecule has 84 valence electrons. The van der Waals surface area contributed by atoms with Gasteiger partial charge in [-0.15, -0.1) is 0 Å². The summed E-state index contributed by atoms with van der Waals surface area (Å²) in [6, 6.07) is 6.99. The summed E-state index contributed by atoms with van der Waals surface area (Å²) in [7, 11) is 0. The highest BCUT2D eigenvalue weighted by Crippen LogP contribution is 2.16. The van der Waals surface area contributed by atoms with Gasteiger partial charge >= 0.3 is 5.97 Å². The number of nitrogens with zero attached hydrogens (tertiary/aromatic N) is 1. The molecular weight excluding hydrogens is 202 g/mol. The molecule has 0 aliphatic carbocycles. The fraction of sp³-hybridized carbons (Fsp3) is 0.385. The smallest absolute Gasteiger partial charge is 0.338 e. The molecule has 0 atom stereocenters. The van der Waals surface area contributed by atoms with Crippen molar-refractivity contribution in [1.29, 1.82) is 5.26 Å². The maximum Gasteiger partial charge on any atom is 0.338 e. The molecule has 0 aliphatic rings. The molecule has 0 amide bonds. The highest BCUT2D eigenvalue weighted by Gasteiger charge is 2.19. The monoisotopic (exact) mass is 217 g/mol. The maximum absolute atomic E-state index is 11.8. The minimum atomic E-state index is -0.522. The molecule has 0 saturated carbocycles. The van der Waals surface area contributed by atoms with Crippen LogP contribution in [0.15, 0.2) is 18.2 Å². The Morgan fingerprint density at radius 2 is 2.00 bits per heavy atom. The Morgan fingerprint density at radius 3 is 2.50 bits per heavy atom. The van der Waals surface area contributed by atoms with Gasteiger partial charge in [0.05, 0.1) is 17.2 Å². The molecular formula is C13H15NO2. The van der Waals surface area contributed by atoms with E-state index in [0.717, 1.165) is 5.56 Å². The van der Waals surface area contributed by atoms with Crippen molar-refractivity contribution >= 4 is 5.97 Å². The molecule has 0 radical (unpaired) electrons. The van der Waals surface area contributed by atoms with Crippen LogP contribution in [0.1, 0.15) is 42.3 Å². The molecule has 0 aliphatic heterocycles. The molecule has 0 bridgehead atoms. The number of hydrogen-bond acceptors (Lipinski definition) is 3. The zero-order chi connectivity index (χ0) is 12.3. The second-order valence-corrected chi connectivity index (χ2v) is 4.64. The van der Waals surface area contributed by atoms with Crippen molar-refractivity contribution in [3.63, 3.8) is 0 Å². The number of aryl methyl sites for hydroxylation is 1. The van der Waals surface area contributed by atoms with E-state index in [-0.39, 0.29) is 5.97 Å². The van der Waals surface area contributed by atoms with Gasteiger partial charge in [-0.25, -0.2) is 4.79 Å². The van der Waals surface area contributed by atoms with Crippen LogP contribution in [0.25, 0.3) is 0 Å². The predicted molar refractivity (Wildman–Crippen MR) is 61.1 cm³/mol. The summed E-state index contributed by atoms with van der Waals surface area (Å²) in [6.07, 6.45) is 0. The largest absolute Gasteiger partial charge is 0.456 e. The van der Waals surface area contributed by atoms with Gasteiger partial charge in [0.25, 0.3) is 0 Å². The number of hydrogen-bond donors (Lipinski definition) is 0. The van der Waals surface area contributed by atoms with Gasteiger partial charge in [0.1, 0.15) is 5.60 Å². The van der Waals surface area contributed by atoms with Gasteiger partial charge in [-0.3, -0.25) is 0 Å². The van der Waals surface area contributed by atoms with Crippen molar-refractivity contribution < 1.29 is 9.53 Å². The summed E-state index contributed by atoms with van der Waals surface area (Å²) in [4.78, 5) is 11.8. The Labute approximate surface area is 95.7 Å². The van der Waals surface area contributed by atoms with E-state index in [1.807, 2.05) is 33.8 Å². The van der Waals surface area contributed by atoms with Crippen LogP contribution >= 0.6 is 0 Å². The van der Waals surface area contributed by atoms with Gasteiger partial charge in [-0.2, -0.15) is 5.26 Å². The first-order valence-electron chi connectivity index (χ1n) is 5.07. The molecule has 1 aromatic rings. The lowest BCUT2D eigenvalue weighted by Crippen LogP contribution is -2.24. The predicted octanol–water partition coefficient (Wildman–Crippen LogP) is 2.82. The Bertz CT molecular complexity index is 450. The first kappa shape index (κ1) is 12.3. The zero-order valence-corrected chi connectivity index (χ0v) is 10.00. The van der Waals surface area contributed by atoms with Crippen LogP contribution in [-0.4, -0.2) is 11.6 Å². The molecule has 0 saturated heterocycles. The van der Waals surface area contributed by atoms with Gasteiger partial charge in [-0.1, -0.05) is 6.07 Å². The molecule has 0 unspecified atom stereocenters. The highest BCUT2D eigenvalue weighted by molar-refractivity contribution is 5.91. The molecule has 3 heteroatoms. The normalized spacial score (nSPS) is 10.7. The topological polar surface area (TPSA) is 50.1 Å². The van der Waals surface area contributed by atoms with E-state index in [0.29, 0.717) is 11.1 Å². The second-order valence-electron chi connectivity index (χ2n) is 4.64. The number of esters is 1. The molecule has 0 N–H and O–H groups in total. The van der Waals surface area contributed by atoms with Crippen LogP contribution in [-0.2, 0) is 4.74 Å². The van der Waals surface area contributed by atoms with Crippen molar-refractivity contribution in [2.75, 3.05) is 0 Å². The van der Waals surface area contributed by atoms with E-state index in [9.17, 15) is 4.79 Å². The number of carbonyl (C=O) groups excluding carboxylic acids is 1. The van der Waals surface area contributed by atoms with Crippen LogP contribution in [0, 0.1) is 18.3 Å². The Balaban J connectivity index is 3.04. The lowest BCUT2D eigenvalue weighted by molar-refractivity contribution is 0.00687. The molecule has 0 heterocycles. The minimum absolute atomic E-state index is 0.387. The third kappa shape index (κ3) is 3.09. The first-order valence-corrected chi connectivity index (χ1v) is 5.07. The molecule has 1 rings (SSSR count). The fourth-order valence-electron chi connectivity index (χ4n) is 1.24. The molecule has 0 fully saturated rings. The van der Waals surface area contributed by atoms with Crippen LogP contribution in [0.4, 0.5) is 0 Å². The van der Waals surface area contributed by atoms with Crippen LogP contribution in [0.5, 0.6) is 0 Å². The Kier molecular flexibility index (Phi) is 3.34. The number of carbonyl (C=O) groups is 1. The second kappa shape index (κ2) is 4.36. The van der Waals surface area contributed by atoms with E-state index in [4.69, 9.17) is 10.00 Å². The Hall–Kier alpha value is -1.82. The number of benzene rings is 1. The number of ether oxygens (including phenoxy) is 1. The van der Waals surface area contributed by atoms with E-state index < -0.39 is 5.60 Å². The summed E-state index contributed by atoms with van der Waals surface area (Å²) < 4.78 is 5.26. The van der Waals surface area contributed by atoms with Crippen molar-refractivity contribution in [2.24, 2.45) is 0 Å². The van der Waals surface area contributed by atoms with Gasteiger partial charge in [-0.05, 0) is 45.4 Å². The van der Waals surface area contributed by atoms with Crippen molar-refractivity contribution in [1.82, 2.24) is 0 Å². The molecule has 16 heavy (non-hydrogen) atoms. The van der Waals surface area contributed by atoms with E-state index in [2.05, 4.69) is 0 Å². The standard InChI is InChI=1S/C13H15NO2/c1-9-5-6-10(8-14)7-11(9)12(15)16-13(2,3)4/h5-7H,1-4H3. The summed E-state index contributed by atoms with van der Waals surface area (Å²) in [6.45, 7) is 7.26. The van der Waals surface area contributed by atoms with E-state index in [1.165, 1.54) is 0 Å². The van der Waals surface area contributed by atoms with Gasteiger partial charge in [0.15, 0.2) is 0 Å². The van der Waals surface area contributed by atoms with Crippen LogP contribution in [0.3, 0.4) is 0 Å². The number of rotatable bonds is 1. The average Bonchev–Trinajstić information content (AvgIpc) is 2.15. The van der Waals surface area contributed by atoms with Crippen molar-refractivity contribution in [3.8, 4) is 6.07 Å². The zero-order valence-electron chi connectivity index (χ0n) is 10.00. The Morgan fingerprint density at radius 1 is 1.38 bits per heavy atom. The van der Waals surface area contributed by atoms with Crippen LogP contribution < -0.4 is 0 Å². The number of nitriles is 1. The van der Waals surface area contributed by atoms with Crippen LogP contribution in [0.2, 0.25) is 0 Å². The molecule has 0 aromatic heterocycles. The summed E-state index contributed by atoms with van der Waals surface area (Å²) >= 11 is 0. The van der Waals surface area contributed by atoms with Gasteiger partial charge in [0, 0.05) is 0 Å². The quantitative estimate of drug-likeness (QED) is 0.679. The maximum atomic E-state index is 11.8. The van der Waals surface area contributed by atoms with E-state index >= 15 is 0 Å². The average molecular weight is 217 g/mol. The lowest BCUT2D eigenvalue weighted by atomic mass is 10.1.